The molecule has 1 heterocycles. The molecule has 0 aromatic carbocycles. The molecule has 0 bridgehead atoms. The molecule has 90 valence electrons. The summed E-state index contributed by atoms with van der Waals surface area (Å²) < 4.78 is 0. The Morgan fingerprint density at radius 1 is 1.60 bits per heavy atom. The van der Waals surface area contributed by atoms with Gasteiger partial charge in [0.2, 0.25) is 0 Å². The second-order valence-electron chi connectivity index (χ2n) is 4.47. The molecule has 0 saturated carbocycles. The van der Waals surface area contributed by atoms with Crippen LogP contribution < -0.4 is 5.73 Å². The average Bonchev–Trinajstić information content (AvgIpc) is 2.74. The van der Waals surface area contributed by atoms with Crippen LogP contribution >= 0.6 is 23.5 Å². The lowest BCUT2D eigenvalue weighted by Gasteiger charge is -2.41. The summed E-state index contributed by atoms with van der Waals surface area (Å²) in [7, 11) is 2.25. The Labute approximate surface area is 103 Å². The zero-order valence-corrected chi connectivity index (χ0v) is 11.8. The first-order chi connectivity index (χ1) is 7.16. The van der Waals surface area contributed by atoms with Crippen LogP contribution in [0.1, 0.15) is 19.8 Å². The second-order valence-corrected chi connectivity index (χ2v) is 6.56. The number of nitrogens with zero attached hydrogens (tertiary/aromatic N) is 1. The van der Waals surface area contributed by atoms with E-state index in [0.717, 1.165) is 6.54 Å². The van der Waals surface area contributed by atoms with Crippen LogP contribution in [0.4, 0.5) is 0 Å². The van der Waals surface area contributed by atoms with Gasteiger partial charge < -0.3 is 5.73 Å². The van der Waals surface area contributed by atoms with E-state index in [1.807, 2.05) is 23.5 Å². The average molecular weight is 248 g/mol. The van der Waals surface area contributed by atoms with Crippen molar-refractivity contribution in [3.63, 3.8) is 0 Å². The van der Waals surface area contributed by atoms with E-state index in [2.05, 4.69) is 25.1 Å². The molecule has 1 saturated heterocycles. The minimum absolute atomic E-state index is 0.280. The van der Waals surface area contributed by atoms with Crippen molar-refractivity contribution >= 4 is 23.5 Å². The molecule has 0 aliphatic carbocycles. The fraction of sp³-hybridized carbons (Fsp3) is 1.00. The fourth-order valence-electron chi connectivity index (χ4n) is 2.13. The molecule has 1 fully saturated rings. The van der Waals surface area contributed by atoms with E-state index in [9.17, 15) is 0 Å². The minimum Gasteiger partial charge on any atom is -0.329 e. The van der Waals surface area contributed by atoms with Crippen molar-refractivity contribution in [1.29, 1.82) is 0 Å². The third-order valence-electron chi connectivity index (χ3n) is 3.61. The smallest absolute Gasteiger partial charge is 0.0429 e. The summed E-state index contributed by atoms with van der Waals surface area (Å²) in [6, 6.07) is 0.652. The summed E-state index contributed by atoms with van der Waals surface area (Å²) in [6.45, 7) is 3.14. The number of rotatable bonds is 6. The summed E-state index contributed by atoms with van der Waals surface area (Å²) in [6.07, 6.45) is 4.70. The Morgan fingerprint density at radius 2 is 2.33 bits per heavy atom. The maximum Gasteiger partial charge on any atom is 0.0429 e. The van der Waals surface area contributed by atoms with Crippen molar-refractivity contribution in [3.8, 4) is 0 Å². The van der Waals surface area contributed by atoms with Gasteiger partial charge in [0.1, 0.15) is 0 Å². The lowest BCUT2D eigenvalue weighted by Crippen LogP contribution is -2.55. The SMILES string of the molecule is CSCCC(C)N(C)C1(CN)CCSC1. The number of thioether (sulfide) groups is 2. The van der Waals surface area contributed by atoms with Gasteiger partial charge in [-0.1, -0.05) is 0 Å². The predicted molar refractivity (Wildman–Crippen MR) is 74.0 cm³/mol. The molecule has 0 aromatic heterocycles. The molecule has 2 unspecified atom stereocenters. The third kappa shape index (κ3) is 3.29. The first-order valence-corrected chi connectivity index (χ1v) is 8.21. The molecule has 2 N–H and O–H groups in total. The van der Waals surface area contributed by atoms with Gasteiger partial charge >= 0.3 is 0 Å². The van der Waals surface area contributed by atoms with Gasteiger partial charge in [0.25, 0.3) is 0 Å². The van der Waals surface area contributed by atoms with E-state index in [4.69, 9.17) is 5.73 Å². The highest BCUT2D eigenvalue weighted by molar-refractivity contribution is 7.99. The first-order valence-electron chi connectivity index (χ1n) is 5.66. The maximum atomic E-state index is 5.98. The van der Waals surface area contributed by atoms with Crippen LogP contribution in [-0.4, -0.2) is 53.6 Å². The Kier molecular flexibility index (Phi) is 5.82. The standard InChI is InChI=1S/C11H24N2S2/c1-10(4-6-14-3)13(2)11(8-12)5-7-15-9-11/h10H,4-9,12H2,1-3H3. The summed E-state index contributed by atoms with van der Waals surface area (Å²) in [5.41, 5.74) is 6.26. The quantitative estimate of drug-likeness (QED) is 0.777. The zero-order chi connectivity index (χ0) is 11.3. The Balaban J connectivity index is 2.51. The number of hydrogen-bond acceptors (Lipinski definition) is 4. The van der Waals surface area contributed by atoms with Crippen molar-refractivity contribution < 1.29 is 0 Å². The number of likely N-dealkylation sites (N-methyl/N-ethyl adjacent to an activating group) is 1. The van der Waals surface area contributed by atoms with Crippen molar-refractivity contribution in [1.82, 2.24) is 4.90 Å². The van der Waals surface area contributed by atoms with E-state index in [-0.39, 0.29) is 5.54 Å². The van der Waals surface area contributed by atoms with Crippen LogP contribution in [-0.2, 0) is 0 Å². The summed E-state index contributed by atoms with van der Waals surface area (Å²) in [5.74, 6) is 3.74. The molecule has 2 nitrogen and oxygen atoms in total. The van der Waals surface area contributed by atoms with Crippen LogP contribution in [0.15, 0.2) is 0 Å². The molecular formula is C11H24N2S2. The van der Waals surface area contributed by atoms with E-state index >= 15 is 0 Å². The monoisotopic (exact) mass is 248 g/mol. The van der Waals surface area contributed by atoms with E-state index in [1.165, 1.54) is 30.1 Å². The molecule has 15 heavy (non-hydrogen) atoms. The molecule has 0 aromatic rings. The van der Waals surface area contributed by atoms with E-state index in [0.29, 0.717) is 6.04 Å². The third-order valence-corrected chi connectivity index (χ3v) is 5.49. The molecule has 1 aliphatic heterocycles. The molecule has 1 aliphatic rings. The van der Waals surface area contributed by atoms with E-state index in [1.54, 1.807) is 0 Å². The van der Waals surface area contributed by atoms with E-state index < -0.39 is 0 Å². The largest absolute Gasteiger partial charge is 0.329 e. The topological polar surface area (TPSA) is 29.3 Å². The second kappa shape index (κ2) is 6.38. The number of nitrogens with two attached hydrogens (primary N) is 1. The summed E-state index contributed by atoms with van der Waals surface area (Å²) in [5, 5.41) is 0. The van der Waals surface area contributed by atoms with Gasteiger partial charge in [-0.25, -0.2) is 0 Å². The van der Waals surface area contributed by atoms with Gasteiger partial charge in [-0.2, -0.15) is 23.5 Å². The van der Waals surface area contributed by atoms with Gasteiger partial charge in [0.05, 0.1) is 0 Å². The lowest BCUT2D eigenvalue weighted by molar-refractivity contribution is 0.105. The highest BCUT2D eigenvalue weighted by atomic mass is 32.2. The lowest BCUT2D eigenvalue weighted by atomic mass is 9.95. The molecule has 4 heteroatoms. The highest BCUT2D eigenvalue weighted by Gasteiger charge is 2.38. The molecule has 2 atom stereocenters. The van der Waals surface area contributed by atoms with Crippen LogP contribution in [0.25, 0.3) is 0 Å². The summed E-state index contributed by atoms with van der Waals surface area (Å²) in [4.78, 5) is 2.53. The van der Waals surface area contributed by atoms with Gasteiger partial charge in [-0.15, -0.1) is 0 Å². The summed E-state index contributed by atoms with van der Waals surface area (Å²) >= 11 is 3.98. The Morgan fingerprint density at radius 3 is 2.80 bits per heavy atom. The minimum atomic E-state index is 0.280. The van der Waals surface area contributed by atoms with Crippen molar-refractivity contribution in [2.45, 2.75) is 31.3 Å². The van der Waals surface area contributed by atoms with Gasteiger partial charge in [-0.05, 0) is 44.6 Å². The molecule has 0 amide bonds. The van der Waals surface area contributed by atoms with Gasteiger partial charge in [0.15, 0.2) is 0 Å². The normalized spacial score (nSPS) is 28.6. The maximum absolute atomic E-state index is 5.98. The van der Waals surface area contributed by atoms with Crippen molar-refractivity contribution in [2.75, 3.05) is 37.1 Å². The molecule has 0 radical (unpaired) electrons. The van der Waals surface area contributed by atoms with Crippen LogP contribution in [0.3, 0.4) is 0 Å². The highest BCUT2D eigenvalue weighted by Crippen LogP contribution is 2.33. The van der Waals surface area contributed by atoms with Gasteiger partial charge in [-0.3, -0.25) is 4.90 Å². The Hall–Kier alpha value is 0.620. The van der Waals surface area contributed by atoms with Crippen LogP contribution in [0.5, 0.6) is 0 Å². The van der Waals surface area contributed by atoms with Crippen LogP contribution in [0.2, 0.25) is 0 Å². The molecule has 1 rings (SSSR count). The molecular weight excluding hydrogens is 224 g/mol. The Bertz CT molecular complexity index is 181. The van der Waals surface area contributed by atoms with Gasteiger partial charge in [0, 0.05) is 23.9 Å². The van der Waals surface area contributed by atoms with Crippen molar-refractivity contribution in [3.05, 3.63) is 0 Å². The van der Waals surface area contributed by atoms with Crippen molar-refractivity contribution in [2.24, 2.45) is 5.73 Å². The fourth-order valence-corrected chi connectivity index (χ4v) is 4.22. The first kappa shape index (κ1) is 13.7. The molecule has 0 spiro atoms. The number of hydrogen-bond donors (Lipinski definition) is 1. The van der Waals surface area contributed by atoms with Crippen LogP contribution in [0, 0.1) is 0 Å². The zero-order valence-electron chi connectivity index (χ0n) is 10.2. The predicted octanol–water partition coefficient (Wildman–Crippen LogP) is 1.89.